The molecule has 0 unspecified atom stereocenters. The molecule has 8 nitrogen and oxygen atoms in total. The summed E-state index contributed by atoms with van der Waals surface area (Å²) >= 11 is 5.88. The number of nitrogens with zero attached hydrogens (tertiary/aromatic N) is 2. The topological polar surface area (TPSA) is 114 Å². The number of benzene rings is 2. The number of carbonyl (C=O) groups excluding carboxylic acids is 2. The normalized spacial score (nSPS) is 20.7. The van der Waals surface area contributed by atoms with Gasteiger partial charge in [0.05, 0.1) is 29.5 Å². The van der Waals surface area contributed by atoms with Crippen molar-refractivity contribution >= 4 is 35.0 Å². The van der Waals surface area contributed by atoms with Gasteiger partial charge in [0.25, 0.3) is 0 Å². The number of fused-ring (bicyclic) bond motifs is 5. The number of ether oxygens (including phenoxy) is 1. The third kappa shape index (κ3) is 4.15. The molecule has 3 atom stereocenters. The van der Waals surface area contributed by atoms with Gasteiger partial charge in [-0.3, -0.25) is 4.79 Å². The van der Waals surface area contributed by atoms with Crippen LogP contribution in [0.5, 0.6) is 0 Å². The van der Waals surface area contributed by atoms with Crippen molar-refractivity contribution in [2.24, 2.45) is 0 Å². The summed E-state index contributed by atoms with van der Waals surface area (Å²) in [5.74, 6) is -1.56. The molecule has 4 aromatic rings. The van der Waals surface area contributed by atoms with Crippen LogP contribution in [0.4, 0.5) is 4.39 Å². The molecule has 0 spiro atoms. The Morgan fingerprint density at radius 3 is 2.77 bits per heavy atom. The molecule has 3 N–H and O–H groups in total. The zero-order valence-electron chi connectivity index (χ0n) is 23.7. The lowest BCUT2D eigenvalue weighted by Gasteiger charge is -2.32. The van der Waals surface area contributed by atoms with Crippen molar-refractivity contribution in [1.29, 1.82) is 0 Å². The van der Waals surface area contributed by atoms with Crippen LogP contribution in [0.15, 0.2) is 42.5 Å². The Bertz CT molecular complexity index is 1920. The van der Waals surface area contributed by atoms with Gasteiger partial charge in [-0.15, -0.1) is 0 Å². The highest BCUT2D eigenvalue weighted by atomic mass is 32.1. The number of pyridine rings is 2. The predicted octanol–water partition coefficient (Wildman–Crippen LogP) is 4.60. The van der Waals surface area contributed by atoms with Crippen LogP contribution in [0.2, 0.25) is 0 Å². The first-order chi connectivity index (χ1) is 20.6. The van der Waals surface area contributed by atoms with Gasteiger partial charge in [0, 0.05) is 34.6 Å². The van der Waals surface area contributed by atoms with E-state index in [0.29, 0.717) is 57.6 Å². The second-order valence-electron chi connectivity index (χ2n) is 11.6. The van der Waals surface area contributed by atoms with Crippen LogP contribution in [-0.2, 0) is 45.9 Å². The molecule has 220 valence electrons. The summed E-state index contributed by atoms with van der Waals surface area (Å²) in [4.78, 5) is 30.9. The quantitative estimate of drug-likeness (QED) is 0.200. The molecule has 10 heteroatoms. The molecule has 2 aromatic heterocycles. The largest absolute Gasteiger partial charge is 0.458 e. The molecule has 4 heterocycles. The minimum atomic E-state index is -1.84. The summed E-state index contributed by atoms with van der Waals surface area (Å²) in [5.41, 5.74) is 4.69. The molecule has 0 saturated carbocycles. The molecular formula is C33H30FN3O5S. The first kappa shape index (κ1) is 27.8. The summed E-state index contributed by atoms with van der Waals surface area (Å²) in [6.07, 6.45) is 0.0936. The molecule has 1 aliphatic carbocycles. The van der Waals surface area contributed by atoms with Crippen LogP contribution >= 0.6 is 12.2 Å². The van der Waals surface area contributed by atoms with Gasteiger partial charge in [-0.25, -0.2) is 14.2 Å². The summed E-state index contributed by atoms with van der Waals surface area (Å²) in [5, 5.41) is 26.0. The predicted molar refractivity (Wildman–Crippen MR) is 159 cm³/mol. The van der Waals surface area contributed by atoms with Gasteiger partial charge < -0.3 is 24.8 Å². The molecule has 0 saturated heterocycles. The molecule has 1 amide bonds. The van der Waals surface area contributed by atoms with Crippen molar-refractivity contribution in [2.75, 3.05) is 0 Å². The Kier molecular flexibility index (Phi) is 6.50. The molecular weight excluding hydrogens is 569 g/mol. The highest BCUT2D eigenvalue weighted by molar-refractivity contribution is 7.71. The van der Waals surface area contributed by atoms with Gasteiger partial charge >= 0.3 is 5.97 Å². The fourth-order valence-corrected chi connectivity index (χ4v) is 7.23. The number of hydrogen-bond acceptors (Lipinski definition) is 7. The fraction of sp³-hybridized carbons (Fsp3) is 0.333. The van der Waals surface area contributed by atoms with Gasteiger partial charge in [-0.05, 0) is 54.5 Å². The van der Waals surface area contributed by atoms with E-state index >= 15 is 4.39 Å². The minimum Gasteiger partial charge on any atom is -0.458 e. The first-order valence-corrected chi connectivity index (χ1v) is 14.9. The number of amides is 1. The number of esters is 1. The summed E-state index contributed by atoms with van der Waals surface area (Å²) in [6, 6.07) is 12.0. The van der Waals surface area contributed by atoms with Crippen molar-refractivity contribution in [3.63, 3.8) is 0 Å². The van der Waals surface area contributed by atoms with E-state index in [0.717, 1.165) is 27.6 Å². The molecule has 3 aliphatic rings. The average Bonchev–Trinajstić information content (AvgIpc) is 3.37. The lowest BCUT2D eigenvalue weighted by Crippen LogP contribution is -2.41. The van der Waals surface area contributed by atoms with E-state index in [4.69, 9.17) is 21.9 Å². The highest BCUT2D eigenvalue weighted by Gasteiger charge is 2.45. The summed E-state index contributed by atoms with van der Waals surface area (Å²) in [6.45, 7) is 3.77. The van der Waals surface area contributed by atoms with Crippen molar-refractivity contribution in [3.05, 3.63) is 91.9 Å². The van der Waals surface area contributed by atoms with E-state index in [9.17, 15) is 19.8 Å². The Balaban J connectivity index is 1.38. The van der Waals surface area contributed by atoms with Crippen molar-refractivity contribution in [1.82, 2.24) is 14.9 Å². The first-order valence-electron chi connectivity index (χ1n) is 14.5. The SMILES string of the molecule is CC[C@@]1(O)C(=O)OCc2c1cc1n(c2=S)Cc2c-1nc1cc(F)c(C)c3c1c2[C@H](NC(=O)[C@@H](O)Cc1ccccc1)CC3. The van der Waals surface area contributed by atoms with Crippen LogP contribution in [0.3, 0.4) is 0 Å². The lowest BCUT2D eigenvalue weighted by molar-refractivity contribution is -0.172. The number of aromatic nitrogens is 2. The third-order valence-corrected chi connectivity index (χ3v) is 9.74. The highest BCUT2D eigenvalue weighted by Crippen LogP contribution is 2.47. The standard InChI is InChI=1S/C33H30FN3O5S/c1-3-33(41)21-12-25-29-19(14-37(25)31(43)20(21)15-42-32(33)40)28-23(36-30(39)26(38)11-17-7-5-4-6-8-17)10-9-18-16(2)22(34)13-24(35-29)27(18)28/h4-8,12-13,23,26,38,41H,3,9-11,14-15H2,1-2H3,(H,36,39)/t23-,26+,33+/m1/s1. The van der Waals surface area contributed by atoms with Crippen LogP contribution in [0.1, 0.15) is 64.8 Å². The maximum atomic E-state index is 15.2. The Hall–Kier alpha value is -3.99. The van der Waals surface area contributed by atoms with Crippen LogP contribution in [0, 0.1) is 17.4 Å². The molecule has 2 aromatic carbocycles. The number of carbonyl (C=O) groups is 2. The maximum absolute atomic E-state index is 15.2. The van der Waals surface area contributed by atoms with Crippen molar-refractivity contribution in [3.8, 4) is 11.4 Å². The smallest absolute Gasteiger partial charge is 0.343 e. The zero-order chi connectivity index (χ0) is 30.2. The number of hydrogen-bond donors (Lipinski definition) is 3. The summed E-state index contributed by atoms with van der Waals surface area (Å²) in [7, 11) is 0. The van der Waals surface area contributed by atoms with Crippen LogP contribution in [0.25, 0.3) is 22.3 Å². The number of cyclic esters (lactones) is 1. The van der Waals surface area contributed by atoms with Gasteiger partial charge in [-0.1, -0.05) is 49.5 Å². The van der Waals surface area contributed by atoms with Gasteiger partial charge in [0.1, 0.15) is 23.2 Å². The van der Waals surface area contributed by atoms with Crippen molar-refractivity contribution in [2.45, 2.75) is 70.4 Å². The minimum absolute atomic E-state index is 0.0409. The summed E-state index contributed by atoms with van der Waals surface area (Å²) < 4.78 is 22.8. The van der Waals surface area contributed by atoms with Gasteiger partial charge in [0.15, 0.2) is 5.60 Å². The number of nitrogens with one attached hydrogen (secondary N) is 1. The van der Waals surface area contributed by atoms with E-state index in [-0.39, 0.29) is 25.3 Å². The monoisotopic (exact) mass is 599 g/mol. The molecule has 0 radical (unpaired) electrons. The van der Waals surface area contributed by atoms with Crippen LogP contribution < -0.4 is 5.32 Å². The molecule has 43 heavy (non-hydrogen) atoms. The molecule has 7 rings (SSSR count). The fourth-order valence-electron chi connectivity index (χ4n) is 6.90. The number of aliphatic hydroxyl groups excluding tert-OH is 1. The second-order valence-corrected chi connectivity index (χ2v) is 12.0. The lowest BCUT2D eigenvalue weighted by atomic mass is 9.81. The van der Waals surface area contributed by atoms with E-state index in [1.54, 1.807) is 19.9 Å². The number of aryl methyl sites for hydroxylation is 1. The Labute approximate surface area is 252 Å². The third-order valence-electron chi connectivity index (χ3n) is 9.27. The van der Waals surface area contributed by atoms with Gasteiger partial charge in [-0.2, -0.15) is 0 Å². The number of rotatable bonds is 5. The molecule has 2 aliphatic heterocycles. The van der Waals surface area contributed by atoms with Gasteiger partial charge in [0.2, 0.25) is 5.91 Å². The maximum Gasteiger partial charge on any atom is 0.343 e. The number of halogens is 1. The Morgan fingerprint density at radius 2 is 2.02 bits per heavy atom. The Morgan fingerprint density at radius 1 is 1.26 bits per heavy atom. The van der Waals surface area contributed by atoms with E-state index in [1.807, 2.05) is 34.9 Å². The van der Waals surface area contributed by atoms with E-state index in [1.165, 1.54) is 6.07 Å². The zero-order valence-corrected chi connectivity index (χ0v) is 24.6. The molecule has 0 bridgehead atoms. The van der Waals surface area contributed by atoms with E-state index in [2.05, 4.69) is 5.32 Å². The van der Waals surface area contributed by atoms with E-state index < -0.39 is 29.6 Å². The number of aliphatic hydroxyl groups is 2. The second kappa shape index (κ2) is 10.0. The molecule has 0 fully saturated rings. The van der Waals surface area contributed by atoms with Crippen LogP contribution in [-0.4, -0.2) is 37.7 Å². The van der Waals surface area contributed by atoms with Crippen molar-refractivity contribution < 1.29 is 28.9 Å². The average molecular weight is 600 g/mol.